The topological polar surface area (TPSA) is 147 Å². The van der Waals surface area contributed by atoms with Gasteiger partial charge in [0.1, 0.15) is 28.9 Å². The van der Waals surface area contributed by atoms with Crippen molar-refractivity contribution in [2.75, 3.05) is 81.9 Å². The molecule has 71 heavy (non-hydrogen) atoms. The highest BCUT2D eigenvalue weighted by Gasteiger charge is 2.46. The Kier molecular flexibility index (Phi) is 12.0. The van der Waals surface area contributed by atoms with Crippen LogP contribution in [0.5, 0.6) is 11.8 Å². The van der Waals surface area contributed by atoms with E-state index in [9.17, 15) is 19.5 Å². The lowest BCUT2D eigenvalue weighted by Gasteiger charge is -2.40. The van der Waals surface area contributed by atoms with Crippen LogP contribution in [0.1, 0.15) is 79.8 Å². The number of imide groups is 1. The SMILES string of the molecule is CCc1c(F)ccc2cc(O)cc(-c3c(Cl)cc4c(N5CC6CCC(C5)N6)nc(OCC5(CN6CCC(CN7CCN(c8ccc9c(c8)CN([C@H]8CCC(=O)NC8=O)C9=O)CC7)CC6)CC5)nc4c3F)c12. The molecule has 2 bridgehead atoms. The molecule has 3 amide bonds. The van der Waals surface area contributed by atoms with E-state index >= 15 is 8.78 Å². The Morgan fingerprint density at radius 3 is 2.37 bits per heavy atom. The first-order chi connectivity index (χ1) is 34.4. The van der Waals surface area contributed by atoms with Crippen LogP contribution in [0.25, 0.3) is 32.8 Å². The zero-order chi connectivity index (χ0) is 48.7. The fourth-order valence-electron chi connectivity index (χ4n) is 12.6. The van der Waals surface area contributed by atoms with E-state index in [-0.39, 0.29) is 51.5 Å². The summed E-state index contributed by atoms with van der Waals surface area (Å²) in [6.45, 7) is 11.9. The molecule has 12 rings (SSSR count). The van der Waals surface area contributed by atoms with Gasteiger partial charge >= 0.3 is 6.01 Å². The molecule has 1 aliphatic carbocycles. The molecule has 3 atom stereocenters. The number of benzene rings is 4. The summed E-state index contributed by atoms with van der Waals surface area (Å²) >= 11 is 7.04. The molecule has 0 spiro atoms. The van der Waals surface area contributed by atoms with Gasteiger partial charge in [-0.15, -0.1) is 0 Å². The average Bonchev–Trinajstić information content (AvgIpc) is 3.94. The number of amides is 3. The van der Waals surface area contributed by atoms with Crippen molar-refractivity contribution in [3.05, 3.63) is 81.9 Å². The number of nitrogens with zero attached hydrogens (tertiary/aromatic N) is 7. The molecule has 5 aromatic rings. The van der Waals surface area contributed by atoms with E-state index in [0.29, 0.717) is 95.8 Å². The maximum atomic E-state index is 17.4. The molecule has 372 valence electrons. The fourth-order valence-corrected chi connectivity index (χ4v) is 12.9. The Morgan fingerprint density at radius 1 is 0.859 bits per heavy atom. The van der Waals surface area contributed by atoms with Gasteiger partial charge in [-0.05, 0) is 140 Å². The Bertz CT molecular complexity index is 2960. The molecule has 3 N–H and O–H groups in total. The smallest absolute Gasteiger partial charge is 0.319 e. The number of hydrogen-bond donors (Lipinski definition) is 3. The molecule has 6 aliphatic heterocycles. The van der Waals surface area contributed by atoms with Gasteiger partial charge in [-0.3, -0.25) is 24.6 Å². The first-order valence-electron chi connectivity index (χ1n) is 25.6. The number of aromatic hydroxyl groups is 1. The van der Waals surface area contributed by atoms with Crippen molar-refractivity contribution in [2.24, 2.45) is 11.3 Å². The first-order valence-corrected chi connectivity index (χ1v) is 26.0. The summed E-state index contributed by atoms with van der Waals surface area (Å²) in [6, 6.07) is 13.8. The van der Waals surface area contributed by atoms with Crippen LogP contribution in [0.3, 0.4) is 0 Å². The van der Waals surface area contributed by atoms with Gasteiger partial charge < -0.3 is 34.8 Å². The molecule has 6 fully saturated rings. The molecule has 1 saturated carbocycles. The lowest BCUT2D eigenvalue weighted by Crippen LogP contribution is -2.52. The summed E-state index contributed by atoms with van der Waals surface area (Å²) < 4.78 is 39.2. The first kappa shape index (κ1) is 46.4. The molecule has 2 unspecified atom stereocenters. The predicted octanol–water partition coefficient (Wildman–Crippen LogP) is 7.04. The number of likely N-dealkylation sites (tertiary alicyclic amines) is 1. The van der Waals surface area contributed by atoms with Crippen molar-refractivity contribution in [3.8, 4) is 22.9 Å². The number of piperidine rings is 2. The summed E-state index contributed by atoms with van der Waals surface area (Å²) in [7, 11) is 0. The van der Waals surface area contributed by atoms with Crippen LogP contribution in [0, 0.1) is 23.0 Å². The summed E-state index contributed by atoms with van der Waals surface area (Å²) in [5, 5.41) is 18.6. The van der Waals surface area contributed by atoms with Crippen LogP contribution in [0.4, 0.5) is 20.3 Å². The van der Waals surface area contributed by atoms with Crippen molar-refractivity contribution in [3.63, 3.8) is 0 Å². The van der Waals surface area contributed by atoms with Gasteiger partial charge in [0, 0.05) is 105 Å². The third kappa shape index (κ3) is 8.82. The van der Waals surface area contributed by atoms with Gasteiger partial charge in [0.15, 0.2) is 5.82 Å². The van der Waals surface area contributed by atoms with Crippen LogP contribution in [-0.2, 0) is 22.6 Å². The second kappa shape index (κ2) is 18.4. The van der Waals surface area contributed by atoms with Gasteiger partial charge in [0.2, 0.25) is 11.8 Å². The number of rotatable bonds is 12. The fraction of sp³-hybridized carbons (Fsp3) is 0.500. The van der Waals surface area contributed by atoms with Crippen LogP contribution < -0.4 is 25.2 Å². The Balaban J connectivity index is 0.691. The molecule has 14 nitrogen and oxygen atoms in total. The van der Waals surface area contributed by atoms with Crippen molar-refractivity contribution >= 4 is 62.5 Å². The number of hydrogen-bond acceptors (Lipinski definition) is 12. The molecular weight excluding hydrogens is 928 g/mol. The summed E-state index contributed by atoms with van der Waals surface area (Å²) in [5.74, 6) is -0.755. The molecule has 17 heteroatoms. The van der Waals surface area contributed by atoms with Gasteiger partial charge in [-0.25, -0.2) is 8.78 Å². The second-order valence-corrected chi connectivity index (χ2v) is 21.7. The lowest BCUT2D eigenvalue weighted by atomic mass is 9.92. The van der Waals surface area contributed by atoms with Crippen molar-refractivity contribution < 1.29 is 33.0 Å². The summed E-state index contributed by atoms with van der Waals surface area (Å²) in [4.78, 5) is 58.6. The number of carbonyl (C=O) groups is 3. The maximum Gasteiger partial charge on any atom is 0.319 e. The molecule has 4 aromatic carbocycles. The van der Waals surface area contributed by atoms with Crippen molar-refractivity contribution in [1.82, 2.24) is 35.3 Å². The number of aryl methyl sites for hydroxylation is 1. The van der Waals surface area contributed by atoms with Crippen LogP contribution >= 0.6 is 11.6 Å². The standard InChI is InChI=1S/C54H60ClF2N9O5/c1-2-38-43(56)8-3-32-22-37(67)23-40(46(32)38)47-42(55)24-41-49(48(47)57)60-53(61-50(41)65-27-34-4-5-35(28-65)58-34)71-30-54(13-14-54)29-63-15-11-31(12-16-63)25-62-17-19-64(20-18-62)36-6-7-39-33(21-36)26-66(52(39)70)44-9-10-45(68)59-51(44)69/h3,6-8,21-24,31,34-35,44,58,67H,2,4-5,9-20,25-30H2,1H3,(H,59,68,69)/t34?,35?,44-/m0/s1. The van der Waals surface area contributed by atoms with E-state index in [1.165, 1.54) is 12.1 Å². The number of phenolic OH excluding ortho intramolecular Hbond substituents is 1. The molecule has 7 heterocycles. The largest absolute Gasteiger partial charge is 0.508 e. The highest BCUT2D eigenvalue weighted by Crippen LogP contribution is 2.48. The van der Waals surface area contributed by atoms with Crippen LogP contribution in [-0.4, -0.2) is 138 Å². The maximum absolute atomic E-state index is 17.4. The number of halogens is 3. The number of anilines is 2. The number of carbonyl (C=O) groups excluding carboxylic acids is 3. The summed E-state index contributed by atoms with van der Waals surface area (Å²) in [5.41, 5.74) is 3.49. The molecular formula is C54H60ClF2N9O5. The average molecular weight is 989 g/mol. The number of nitrogens with one attached hydrogen (secondary N) is 2. The van der Waals surface area contributed by atoms with Crippen LogP contribution in [0.2, 0.25) is 5.02 Å². The molecule has 0 radical (unpaired) electrons. The highest BCUT2D eigenvalue weighted by molar-refractivity contribution is 6.35. The van der Waals surface area contributed by atoms with Gasteiger partial charge in [-0.2, -0.15) is 9.97 Å². The minimum Gasteiger partial charge on any atom is -0.508 e. The van der Waals surface area contributed by atoms with Gasteiger partial charge in [-0.1, -0.05) is 24.6 Å². The highest BCUT2D eigenvalue weighted by atomic mass is 35.5. The number of fused-ring (bicyclic) bond motifs is 5. The number of piperazine rings is 2. The normalized spacial score (nSPS) is 23.8. The van der Waals surface area contributed by atoms with E-state index in [1.807, 2.05) is 19.1 Å². The zero-order valence-corrected chi connectivity index (χ0v) is 40.9. The third-order valence-electron chi connectivity index (χ3n) is 16.6. The molecule has 7 aliphatic rings. The Labute approximate surface area is 416 Å². The zero-order valence-electron chi connectivity index (χ0n) is 40.1. The predicted molar refractivity (Wildman–Crippen MR) is 268 cm³/mol. The van der Waals surface area contributed by atoms with E-state index in [2.05, 4.69) is 36.3 Å². The minimum absolute atomic E-state index is 0.0331. The number of ether oxygens (including phenoxy) is 1. The van der Waals surface area contributed by atoms with Crippen molar-refractivity contribution in [1.29, 1.82) is 0 Å². The Hall–Kier alpha value is -5.68. The second-order valence-electron chi connectivity index (χ2n) is 21.3. The summed E-state index contributed by atoms with van der Waals surface area (Å²) in [6.07, 6.45) is 7.42. The van der Waals surface area contributed by atoms with Gasteiger partial charge in [0.05, 0.1) is 11.6 Å². The van der Waals surface area contributed by atoms with E-state index in [4.69, 9.17) is 26.3 Å². The van der Waals surface area contributed by atoms with Gasteiger partial charge in [0.25, 0.3) is 5.91 Å². The number of aromatic nitrogens is 2. The van der Waals surface area contributed by atoms with Crippen molar-refractivity contribution in [2.45, 2.75) is 89.4 Å². The lowest BCUT2D eigenvalue weighted by molar-refractivity contribution is -0.136. The minimum atomic E-state index is -0.664. The quantitative estimate of drug-likeness (QED) is 0.110. The molecule has 1 aromatic heterocycles. The third-order valence-corrected chi connectivity index (χ3v) is 16.9. The van der Waals surface area contributed by atoms with Crippen LogP contribution in [0.15, 0.2) is 48.5 Å². The number of phenols is 1. The van der Waals surface area contributed by atoms with E-state index in [0.717, 1.165) is 102 Å². The molecule has 5 saturated heterocycles. The van der Waals surface area contributed by atoms with E-state index < -0.39 is 23.6 Å². The monoisotopic (exact) mass is 987 g/mol. The van der Waals surface area contributed by atoms with E-state index in [1.54, 1.807) is 23.1 Å². The Morgan fingerprint density at radius 2 is 1.63 bits per heavy atom.